The molecule has 2 N–H and O–H groups in total. The maximum atomic E-state index is 12.8. The first-order chi connectivity index (χ1) is 13.6. The van der Waals surface area contributed by atoms with Crippen LogP contribution in [0.15, 0.2) is 48.5 Å². The number of benzene rings is 2. The van der Waals surface area contributed by atoms with Crippen molar-refractivity contribution in [1.29, 1.82) is 0 Å². The van der Waals surface area contributed by atoms with Gasteiger partial charge in [0.25, 0.3) is 0 Å². The summed E-state index contributed by atoms with van der Waals surface area (Å²) in [5.41, 5.74) is 0.610. The summed E-state index contributed by atoms with van der Waals surface area (Å²) in [5, 5.41) is 5.51. The van der Waals surface area contributed by atoms with E-state index >= 15 is 0 Å². The van der Waals surface area contributed by atoms with Gasteiger partial charge in [0.15, 0.2) is 0 Å². The first-order valence-corrected chi connectivity index (χ1v) is 9.49. The Kier molecular flexibility index (Phi) is 9.07. The molecule has 0 fully saturated rings. The van der Waals surface area contributed by atoms with E-state index in [0.717, 1.165) is 19.6 Å². The molecule has 2 amide bonds. The van der Waals surface area contributed by atoms with Crippen LogP contribution in [0.2, 0.25) is 0 Å². The molecule has 7 heteroatoms. The Morgan fingerprint density at radius 2 is 1.71 bits per heavy atom. The molecule has 0 saturated carbocycles. The van der Waals surface area contributed by atoms with Crippen LogP contribution in [0, 0.1) is 5.82 Å². The molecule has 0 heterocycles. The number of hydrogen-bond donors (Lipinski definition) is 2. The molecule has 0 bridgehead atoms. The van der Waals surface area contributed by atoms with Crippen molar-refractivity contribution < 1.29 is 18.7 Å². The van der Waals surface area contributed by atoms with Crippen LogP contribution < -0.4 is 20.1 Å². The lowest BCUT2D eigenvalue weighted by Gasteiger charge is -2.19. The van der Waals surface area contributed by atoms with Gasteiger partial charge in [-0.25, -0.2) is 9.18 Å². The number of ether oxygens (including phenoxy) is 2. The summed E-state index contributed by atoms with van der Waals surface area (Å²) in [4.78, 5) is 14.4. The predicted octanol–water partition coefficient (Wildman–Crippen LogP) is 3.75. The number of anilines is 1. The Hall–Kier alpha value is -2.80. The number of urea groups is 1. The van der Waals surface area contributed by atoms with Crippen LogP contribution >= 0.6 is 0 Å². The van der Waals surface area contributed by atoms with Crippen LogP contribution in [0.1, 0.15) is 13.8 Å². The Labute approximate surface area is 165 Å². The van der Waals surface area contributed by atoms with Gasteiger partial charge in [-0.3, -0.25) is 0 Å². The summed E-state index contributed by atoms with van der Waals surface area (Å²) in [6.45, 7) is 8.15. The number of carbonyl (C=O) groups is 1. The SMILES string of the molecule is CCN(CC)CCOc1ccccc1NC(=O)NCCOc1ccc(F)cc1. The smallest absolute Gasteiger partial charge is 0.319 e. The number of nitrogens with zero attached hydrogens (tertiary/aromatic N) is 1. The number of halogens is 1. The molecule has 0 aromatic heterocycles. The van der Waals surface area contributed by atoms with E-state index in [9.17, 15) is 9.18 Å². The average molecular weight is 389 g/mol. The van der Waals surface area contributed by atoms with Crippen molar-refractivity contribution in [2.75, 3.05) is 44.7 Å². The van der Waals surface area contributed by atoms with Crippen LogP contribution in [0.25, 0.3) is 0 Å². The minimum Gasteiger partial charge on any atom is -0.492 e. The molecule has 0 spiro atoms. The van der Waals surface area contributed by atoms with E-state index in [-0.39, 0.29) is 18.5 Å². The topological polar surface area (TPSA) is 62.8 Å². The molecule has 28 heavy (non-hydrogen) atoms. The first kappa shape index (κ1) is 21.5. The van der Waals surface area contributed by atoms with E-state index < -0.39 is 0 Å². The monoisotopic (exact) mass is 389 g/mol. The summed E-state index contributed by atoms with van der Waals surface area (Å²) < 4.78 is 24.1. The van der Waals surface area contributed by atoms with Gasteiger partial charge < -0.3 is 25.0 Å². The minimum atomic E-state index is -0.345. The summed E-state index contributed by atoms with van der Waals surface area (Å²) in [5.74, 6) is 0.866. The van der Waals surface area contributed by atoms with Gasteiger partial charge in [-0.05, 0) is 49.5 Å². The second-order valence-corrected chi connectivity index (χ2v) is 6.05. The van der Waals surface area contributed by atoms with E-state index in [0.29, 0.717) is 30.3 Å². The Morgan fingerprint density at radius 1 is 1.00 bits per heavy atom. The molecule has 0 saturated heterocycles. The van der Waals surface area contributed by atoms with Crippen molar-refractivity contribution in [3.8, 4) is 11.5 Å². The van der Waals surface area contributed by atoms with E-state index in [1.807, 2.05) is 18.2 Å². The lowest BCUT2D eigenvalue weighted by atomic mass is 10.3. The molecule has 0 aliphatic carbocycles. The van der Waals surface area contributed by atoms with Crippen molar-refractivity contribution >= 4 is 11.7 Å². The Balaban J connectivity index is 1.74. The standard InChI is InChI=1S/C21H28FN3O3/c1-3-25(4-2)14-16-28-20-8-6-5-7-19(20)24-21(26)23-13-15-27-18-11-9-17(22)10-12-18/h5-12H,3-4,13-16H2,1-2H3,(H2,23,24,26). The molecule has 0 radical (unpaired) electrons. The van der Waals surface area contributed by atoms with Gasteiger partial charge in [0, 0.05) is 6.54 Å². The second-order valence-electron chi connectivity index (χ2n) is 6.05. The molecule has 2 aromatic carbocycles. The summed E-state index contributed by atoms with van der Waals surface area (Å²) in [6.07, 6.45) is 0. The largest absolute Gasteiger partial charge is 0.492 e. The number of carbonyl (C=O) groups excluding carboxylic acids is 1. The van der Waals surface area contributed by atoms with Crippen LogP contribution in [0.3, 0.4) is 0 Å². The number of amides is 2. The first-order valence-electron chi connectivity index (χ1n) is 9.49. The molecular weight excluding hydrogens is 361 g/mol. The fourth-order valence-electron chi connectivity index (χ4n) is 2.55. The number of hydrogen-bond acceptors (Lipinski definition) is 4. The van der Waals surface area contributed by atoms with Crippen molar-refractivity contribution in [2.24, 2.45) is 0 Å². The molecule has 2 rings (SSSR count). The van der Waals surface area contributed by atoms with E-state index in [4.69, 9.17) is 9.47 Å². The number of para-hydroxylation sites is 2. The third kappa shape index (κ3) is 7.44. The van der Waals surface area contributed by atoms with E-state index in [1.165, 1.54) is 12.1 Å². The highest BCUT2D eigenvalue weighted by molar-refractivity contribution is 5.90. The van der Waals surface area contributed by atoms with Gasteiger partial charge in [0.2, 0.25) is 0 Å². The highest BCUT2D eigenvalue weighted by Gasteiger charge is 2.08. The molecule has 0 aliphatic rings. The molecule has 152 valence electrons. The fourth-order valence-corrected chi connectivity index (χ4v) is 2.55. The molecular formula is C21H28FN3O3. The predicted molar refractivity (Wildman–Crippen MR) is 109 cm³/mol. The maximum Gasteiger partial charge on any atom is 0.319 e. The fraction of sp³-hybridized carbons (Fsp3) is 0.381. The second kappa shape index (κ2) is 11.8. The molecule has 2 aromatic rings. The van der Waals surface area contributed by atoms with Gasteiger partial charge in [0.1, 0.15) is 30.5 Å². The molecule has 6 nitrogen and oxygen atoms in total. The lowest BCUT2D eigenvalue weighted by molar-refractivity contribution is 0.223. The van der Waals surface area contributed by atoms with Crippen molar-refractivity contribution in [3.63, 3.8) is 0 Å². The van der Waals surface area contributed by atoms with Crippen molar-refractivity contribution in [1.82, 2.24) is 10.2 Å². The van der Waals surface area contributed by atoms with Crippen LogP contribution in [-0.2, 0) is 0 Å². The zero-order valence-corrected chi connectivity index (χ0v) is 16.4. The van der Waals surface area contributed by atoms with Gasteiger partial charge in [0.05, 0.1) is 12.2 Å². The zero-order valence-electron chi connectivity index (χ0n) is 16.4. The van der Waals surface area contributed by atoms with E-state index in [1.54, 1.807) is 18.2 Å². The third-order valence-electron chi connectivity index (χ3n) is 4.16. The van der Waals surface area contributed by atoms with Crippen LogP contribution in [-0.4, -0.2) is 50.3 Å². The van der Waals surface area contributed by atoms with Crippen molar-refractivity contribution in [3.05, 3.63) is 54.3 Å². The summed E-state index contributed by atoms with van der Waals surface area (Å²) >= 11 is 0. The number of nitrogens with one attached hydrogen (secondary N) is 2. The third-order valence-corrected chi connectivity index (χ3v) is 4.16. The quantitative estimate of drug-likeness (QED) is 0.575. The minimum absolute atomic E-state index is 0.279. The highest BCUT2D eigenvalue weighted by Crippen LogP contribution is 2.23. The average Bonchev–Trinajstić information content (AvgIpc) is 2.71. The van der Waals surface area contributed by atoms with Gasteiger partial charge in [-0.1, -0.05) is 26.0 Å². The van der Waals surface area contributed by atoms with Gasteiger partial charge in [-0.15, -0.1) is 0 Å². The number of likely N-dealkylation sites (N-methyl/N-ethyl adjacent to an activating group) is 1. The lowest BCUT2D eigenvalue weighted by Crippen LogP contribution is -2.32. The Morgan fingerprint density at radius 3 is 2.43 bits per heavy atom. The van der Waals surface area contributed by atoms with Crippen LogP contribution in [0.5, 0.6) is 11.5 Å². The highest BCUT2D eigenvalue weighted by atomic mass is 19.1. The molecule has 0 atom stereocenters. The Bertz CT molecular complexity index is 721. The van der Waals surface area contributed by atoms with Gasteiger partial charge >= 0.3 is 6.03 Å². The molecule has 0 aliphatic heterocycles. The molecule has 0 unspecified atom stereocenters. The zero-order chi connectivity index (χ0) is 20.2. The van der Waals surface area contributed by atoms with E-state index in [2.05, 4.69) is 29.4 Å². The van der Waals surface area contributed by atoms with Crippen LogP contribution in [0.4, 0.5) is 14.9 Å². The normalized spacial score (nSPS) is 10.6. The number of rotatable bonds is 11. The maximum absolute atomic E-state index is 12.8. The summed E-state index contributed by atoms with van der Waals surface area (Å²) in [7, 11) is 0. The van der Waals surface area contributed by atoms with Gasteiger partial charge in [-0.2, -0.15) is 0 Å². The summed E-state index contributed by atoms with van der Waals surface area (Å²) in [6, 6.07) is 12.7. The van der Waals surface area contributed by atoms with Crippen molar-refractivity contribution in [2.45, 2.75) is 13.8 Å².